The number of benzene rings is 2. The van der Waals surface area contributed by atoms with Gasteiger partial charge >= 0.3 is 0 Å². The predicted octanol–water partition coefficient (Wildman–Crippen LogP) is 3.94. The van der Waals surface area contributed by atoms with Gasteiger partial charge in [0.2, 0.25) is 15.9 Å². The van der Waals surface area contributed by atoms with E-state index in [1.54, 1.807) is 34.3 Å². The second-order valence-corrected chi connectivity index (χ2v) is 10.5. The van der Waals surface area contributed by atoms with Gasteiger partial charge < -0.3 is 4.90 Å². The zero-order valence-corrected chi connectivity index (χ0v) is 18.6. The first-order chi connectivity index (χ1) is 14.3. The number of carbonyl (C=O) groups is 1. The number of nitrogens with zero attached hydrogens (tertiary/aromatic N) is 2. The Kier molecular flexibility index (Phi) is 5.98. The molecule has 0 aromatic heterocycles. The van der Waals surface area contributed by atoms with E-state index < -0.39 is 10.0 Å². The molecule has 160 valence electrons. The van der Waals surface area contributed by atoms with E-state index in [-0.39, 0.29) is 5.91 Å². The Labute approximate surface area is 179 Å². The van der Waals surface area contributed by atoms with Gasteiger partial charge in [-0.3, -0.25) is 4.79 Å². The molecule has 2 aromatic carbocycles. The van der Waals surface area contributed by atoms with Crippen molar-refractivity contribution in [2.45, 2.75) is 50.8 Å². The number of anilines is 1. The Balaban J connectivity index is 1.37. The van der Waals surface area contributed by atoms with E-state index in [0.29, 0.717) is 36.9 Å². The van der Waals surface area contributed by atoms with Crippen LogP contribution in [0.4, 0.5) is 5.69 Å². The fourth-order valence-corrected chi connectivity index (χ4v) is 6.10. The Hall–Kier alpha value is -2.18. The smallest absolute Gasteiger partial charge is 0.243 e. The zero-order chi connectivity index (χ0) is 21.3. The van der Waals surface area contributed by atoms with E-state index in [2.05, 4.69) is 31.2 Å². The summed E-state index contributed by atoms with van der Waals surface area (Å²) in [5.74, 6) is 0.568. The normalized spacial score (nSPS) is 17.9. The van der Waals surface area contributed by atoms with Crippen molar-refractivity contribution in [2.24, 2.45) is 5.92 Å². The highest BCUT2D eigenvalue weighted by Gasteiger charge is 2.31. The lowest BCUT2D eigenvalue weighted by Crippen LogP contribution is -2.38. The van der Waals surface area contributed by atoms with Crippen LogP contribution in [0.5, 0.6) is 0 Å². The summed E-state index contributed by atoms with van der Waals surface area (Å²) in [6.07, 6.45) is 4.69. The molecule has 0 radical (unpaired) electrons. The summed E-state index contributed by atoms with van der Waals surface area (Å²) in [7, 11) is -3.49. The molecule has 0 unspecified atom stereocenters. The predicted molar refractivity (Wildman–Crippen MR) is 119 cm³/mol. The topological polar surface area (TPSA) is 57.7 Å². The monoisotopic (exact) mass is 426 g/mol. The van der Waals surface area contributed by atoms with Gasteiger partial charge in [0, 0.05) is 32.2 Å². The quantitative estimate of drug-likeness (QED) is 0.728. The van der Waals surface area contributed by atoms with Crippen LogP contribution in [0.25, 0.3) is 0 Å². The number of carbonyl (C=O) groups excluding carboxylic acids is 1. The van der Waals surface area contributed by atoms with Crippen LogP contribution < -0.4 is 4.90 Å². The number of rotatable bonds is 5. The molecule has 0 spiro atoms. The molecule has 30 heavy (non-hydrogen) atoms. The van der Waals surface area contributed by atoms with E-state index in [4.69, 9.17) is 0 Å². The van der Waals surface area contributed by atoms with Crippen LogP contribution >= 0.6 is 0 Å². The molecule has 0 aliphatic carbocycles. The summed E-state index contributed by atoms with van der Waals surface area (Å²) in [5, 5.41) is 0. The van der Waals surface area contributed by atoms with Crippen molar-refractivity contribution in [2.75, 3.05) is 24.5 Å². The molecule has 1 fully saturated rings. The van der Waals surface area contributed by atoms with Gasteiger partial charge in [0.15, 0.2) is 0 Å². The summed E-state index contributed by atoms with van der Waals surface area (Å²) >= 11 is 0. The van der Waals surface area contributed by atoms with Crippen LogP contribution in [0.1, 0.15) is 42.9 Å². The van der Waals surface area contributed by atoms with Gasteiger partial charge in [-0.05, 0) is 74.3 Å². The van der Waals surface area contributed by atoms with E-state index >= 15 is 0 Å². The summed E-state index contributed by atoms with van der Waals surface area (Å²) in [5.41, 5.74) is 4.42. The molecule has 1 saturated heterocycles. The van der Waals surface area contributed by atoms with Gasteiger partial charge in [-0.15, -0.1) is 0 Å². The lowest BCUT2D eigenvalue weighted by atomic mass is 9.91. The van der Waals surface area contributed by atoms with Crippen molar-refractivity contribution < 1.29 is 13.2 Å². The lowest BCUT2D eigenvalue weighted by molar-refractivity contribution is -0.116. The second-order valence-electron chi connectivity index (χ2n) is 8.58. The number of hydrogen-bond donors (Lipinski definition) is 0. The van der Waals surface area contributed by atoms with Crippen molar-refractivity contribution in [3.8, 4) is 0 Å². The first-order valence-corrected chi connectivity index (χ1v) is 12.3. The van der Waals surface area contributed by atoms with Gasteiger partial charge in [-0.1, -0.05) is 29.8 Å². The van der Waals surface area contributed by atoms with Crippen LogP contribution in [-0.4, -0.2) is 38.3 Å². The van der Waals surface area contributed by atoms with Crippen molar-refractivity contribution in [3.63, 3.8) is 0 Å². The average molecular weight is 427 g/mol. The highest BCUT2D eigenvalue weighted by atomic mass is 32.2. The minimum Gasteiger partial charge on any atom is -0.312 e. The van der Waals surface area contributed by atoms with E-state index in [1.807, 2.05) is 0 Å². The number of amides is 1. The van der Waals surface area contributed by atoms with Gasteiger partial charge in [0.25, 0.3) is 0 Å². The van der Waals surface area contributed by atoms with E-state index in [0.717, 1.165) is 36.9 Å². The van der Waals surface area contributed by atoms with E-state index in [1.165, 1.54) is 11.1 Å². The van der Waals surface area contributed by atoms with Gasteiger partial charge in [-0.2, -0.15) is 4.31 Å². The third-order valence-corrected chi connectivity index (χ3v) is 8.39. The number of hydrogen-bond acceptors (Lipinski definition) is 3. The maximum absolute atomic E-state index is 13.2. The molecular weight excluding hydrogens is 396 g/mol. The molecule has 2 aliphatic rings. The molecular formula is C24H30N2O3S. The summed E-state index contributed by atoms with van der Waals surface area (Å²) in [6.45, 7) is 5.43. The molecule has 6 heteroatoms. The zero-order valence-electron chi connectivity index (χ0n) is 17.8. The number of fused-ring (bicyclic) bond motifs is 1. The maximum atomic E-state index is 13.2. The molecule has 0 atom stereocenters. The highest BCUT2D eigenvalue weighted by molar-refractivity contribution is 7.89. The lowest BCUT2D eigenvalue weighted by Gasteiger charge is -2.31. The van der Waals surface area contributed by atoms with Crippen LogP contribution in [-0.2, 0) is 27.7 Å². The number of aryl methyl sites for hydroxylation is 2. The summed E-state index contributed by atoms with van der Waals surface area (Å²) in [4.78, 5) is 13.8. The molecule has 1 amide bonds. The fraction of sp³-hybridized carbons (Fsp3) is 0.458. The van der Waals surface area contributed by atoms with Gasteiger partial charge in [-0.25, -0.2) is 8.42 Å². The molecule has 2 aliphatic heterocycles. The number of sulfonamides is 1. The second kappa shape index (κ2) is 8.52. The van der Waals surface area contributed by atoms with Gasteiger partial charge in [0.1, 0.15) is 0 Å². The molecule has 4 rings (SSSR count). The Bertz CT molecular complexity index is 1020. The van der Waals surface area contributed by atoms with Gasteiger partial charge in [0.05, 0.1) is 4.90 Å². The molecule has 2 aromatic rings. The standard InChI is InChI=1S/C24H30N2O3S/c1-18-3-5-20(6-4-18)7-8-21-11-14-25(15-12-21)30(28,29)23-9-10-24-22(17-23)13-16-26(24)19(2)27/h3-6,9-10,17,21H,7-8,11-16H2,1-2H3. The van der Waals surface area contributed by atoms with Crippen LogP contribution in [0.15, 0.2) is 47.4 Å². The third-order valence-electron chi connectivity index (χ3n) is 6.50. The van der Waals surface area contributed by atoms with Crippen molar-refractivity contribution in [1.82, 2.24) is 4.31 Å². The minimum absolute atomic E-state index is 0.00272. The molecule has 2 heterocycles. The highest BCUT2D eigenvalue weighted by Crippen LogP contribution is 2.32. The Morgan fingerprint density at radius 1 is 1.03 bits per heavy atom. The maximum Gasteiger partial charge on any atom is 0.243 e. The molecule has 0 saturated carbocycles. The van der Waals surface area contributed by atoms with E-state index in [9.17, 15) is 13.2 Å². The van der Waals surface area contributed by atoms with Crippen LogP contribution in [0.2, 0.25) is 0 Å². The van der Waals surface area contributed by atoms with Crippen LogP contribution in [0, 0.1) is 12.8 Å². The average Bonchev–Trinajstić information content (AvgIpc) is 3.17. The first kappa shape index (κ1) is 21.1. The Morgan fingerprint density at radius 2 is 1.73 bits per heavy atom. The van der Waals surface area contributed by atoms with Crippen molar-refractivity contribution in [3.05, 3.63) is 59.2 Å². The van der Waals surface area contributed by atoms with Crippen LogP contribution in [0.3, 0.4) is 0 Å². The van der Waals surface area contributed by atoms with Crippen molar-refractivity contribution in [1.29, 1.82) is 0 Å². The molecule has 5 nitrogen and oxygen atoms in total. The SMILES string of the molecule is CC(=O)N1CCc2cc(S(=O)(=O)N3CCC(CCc4ccc(C)cc4)CC3)ccc21. The number of piperidine rings is 1. The largest absolute Gasteiger partial charge is 0.312 e. The summed E-state index contributed by atoms with van der Waals surface area (Å²) < 4.78 is 28.0. The first-order valence-electron chi connectivity index (χ1n) is 10.8. The fourth-order valence-electron chi connectivity index (χ4n) is 4.58. The third kappa shape index (κ3) is 4.30. The van der Waals surface area contributed by atoms with Crippen molar-refractivity contribution >= 4 is 21.6 Å². The molecule has 0 N–H and O–H groups in total. The minimum atomic E-state index is -3.49. The Morgan fingerprint density at radius 3 is 2.40 bits per heavy atom. The summed E-state index contributed by atoms with van der Waals surface area (Å²) in [6, 6.07) is 13.9. The molecule has 0 bridgehead atoms.